The first-order valence-electron chi connectivity index (χ1n) is 4.89. The van der Waals surface area contributed by atoms with Crippen molar-refractivity contribution in [2.45, 2.75) is 12.7 Å². The van der Waals surface area contributed by atoms with E-state index in [9.17, 15) is 8.60 Å². The SMILES string of the molecule is CCN=S(=O)(CC#N)Cc1ccc(F)cc1. The van der Waals surface area contributed by atoms with Crippen LogP contribution in [-0.4, -0.2) is 16.5 Å². The van der Waals surface area contributed by atoms with Crippen LogP contribution in [0.25, 0.3) is 0 Å². The molecule has 86 valence electrons. The molecule has 0 heterocycles. The van der Waals surface area contributed by atoms with Crippen LogP contribution >= 0.6 is 0 Å². The minimum absolute atomic E-state index is 0.0851. The largest absolute Gasteiger partial charge is 0.248 e. The van der Waals surface area contributed by atoms with Gasteiger partial charge >= 0.3 is 0 Å². The van der Waals surface area contributed by atoms with Gasteiger partial charge in [0.05, 0.1) is 21.6 Å². The summed E-state index contributed by atoms with van der Waals surface area (Å²) in [7, 11) is -2.51. The molecule has 1 aromatic carbocycles. The molecular weight excluding hydrogens is 227 g/mol. The van der Waals surface area contributed by atoms with E-state index >= 15 is 0 Å². The summed E-state index contributed by atoms with van der Waals surface area (Å²) in [5, 5.41) is 8.60. The highest BCUT2D eigenvalue weighted by atomic mass is 32.2. The summed E-state index contributed by atoms with van der Waals surface area (Å²) in [6.45, 7) is 2.20. The van der Waals surface area contributed by atoms with Gasteiger partial charge in [-0.3, -0.25) is 0 Å². The molecule has 0 aliphatic rings. The fourth-order valence-corrected chi connectivity index (χ4v) is 2.99. The third-order valence-corrected chi connectivity index (χ3v) is 4.05. The van der Waals surface area contributed by atoms with E-state index in [1.54, 1.807) is 19.1 Å². The molecule has 0 saturated carbocycles. The van der Waals surface area contributed by atoms with Gasteiger partial charge in [-0.05, 0) is 24.6 Å². The van der Waals surface area contributed by atoms with Crippen LogP contribution < -0.4 is 0 Å². The third kappa shape index (κ3) is 3.63. The van der Waals surface area contributed by atoms with Gasteiger partial charge in [0, 0.05) is 6.54 Å². The van der Waals surface area contributed by atoms with Crippen LogP contribution in [0.2, 0.25) is 0 Å². The van der Waals surface area contributed by atoms with Crippen molar-refractivity contribution in [2.75, 3.05) is 12.3 Å². The van der Waals surface area contributed by atoms with Crippen LogP contribution in [0.4, 0.5) is 4.39 Å². The summed E-state index contributed by atoms with van der Waals surface area (Å²) in [6, 6.07) is 7.64. The van der Waals surface area contributed by atoms with Gasteiger partial charge in [0.25, 0.3) is 0 Å². The van der Waals surface area contributed by atoms with E-state index < -0.39 is 9.73 Å². The van der Waals surface area contributed by atoms with Crippen molar-refractivity contribution in [3.8, 4) is 6.07 Å². The van der Waals surface area contributed by atoms with E-state index in [1.165, 1.54) is 12.1 Å². The molecule has 0 aliphatic heterocycles. The molecule has 0 N–H and O–H groups in total. The standard InChI is InChI=1S/C11H13FN2OS/c1-2-14-16(15,8-7-13)9-10-3-5-11(12)6-4-10/h3-6H,2,8-9H2,1H3. The predicted molar refractivity (Wildman–Crippen MR) is 61.7 cm³/mol. The Kier molecular flexibility index (Phi) is 4.44. The lowest BCUT2D eigenvalue weighted by Gasteiger charge is -2.06. The number of hydrogen-bond acceptors (Lipinski definition) is 3. The first kappa shape index (κ1) is 12.7. The lowest BCUT2D eigenvalue weighted by atomic mass is 10.2. The van der Waals surface area contributed by atoms with E-state index in [0.717, 1.165) is 5.56 Å². The first-order valence-corrected chi connectivity index (χ1v) is 6.74. The topological polar surface area (TPSA) is 53.2 Å². The molecule has 1 rings (SSSR count). The molecular formula is C11H13FN2OS. The second-order valence-corrected chi connectivity index (χ2v) is 5.67. The van der Waals surface area contributed by atoms with Crippen LogP contribution in [0.15, 0.2) is 28.6 Å². The average molecular weight is 240 g/mol. The zero-order valence-electron chi connectivity index (χ0n) is 9.02. The van der Waals surface area contributed by atoms with Crippen molar-refractivity contribution in [3.63, 3.8) is 0 Å². The van der Waals surface area contributed by atoms with Crippen molar-refractivity contribution in [1.29, 1.82) is 5.26 Å². The Bertz CT molecular complexity index is 496. The number of rotatable bonds is 4. The maximum absolute atomic E-state index is 12.7. The van der Waals surface area contributed by atoms with Gasteiger partial charge in [0.1, 0.15) is 11.6 Å². The van der Waals surface area contributed by atoms with E-state index in [0.29, 0.717) is 6.54 Å². The van der Waals surface area contributed by atoms with E-state index in [2.05, 4.69) is 4.36 Å². The zero-order valence-corrected chi connectivity index (χ0v) is 9.84. The molecule has 0 spiro atoms. The molecule has 0 aromatic heterocycles. The molecule has 1 atom stereocenters. The summed E-state index contributed by atoms with van der Waals surface area (Å²) in [5.74, 6) is -0.213. The van der Waals surface area contributed by atoms with Gasteiger partial charge in [0.15, 0.2) is 0 Å². The van der Waals surface area contributed by atoms with Crippen LogP contribution in [0.1, 0.15) is 12.5 Å². The number of nitriles is 1. The van der Waals surface area contributed by atoms with E-state index in [-0.39, 0.29) is 17.3 Å². The van der Waals surface area contributed by atoms with Crippen molar-refractivity contribution < 1.29 is 8.60 Å². The predicted octanol–water partition coefficient (Wildman–Crippen LogP) is 2.34. The number of nitrogens with zero attached hydrogens (tertiary/aromatic N) is 2. The highest BCUT2D eigenvalue weighted by molar-refractivity contribution is 7.93. The molecule has 16 heavy (non-hydrogen) atoms. The summed E-state index contributed by atoms with van der Waals surface area (Å²) < 4.78 is 28.8. The number of benzene rings is 1. The molecule has 0 bridgehead atoms. The van der Waals surface area contributed by atoms with Gasteiger partial charge in [-0.1, -0.05) is 12.1 Å². The zero-order chi connectivity index (χ0) is 12.0. The van der Waals surface area contributed by atoms with E-state index in [1.807, 2.05) is 6.07 Å². The molecule has 1 aromatic rings. The molecule has 0 aliphatic carbocycles. The Balaban J connectivity index is 2.94. The Morgan fingerprint density at radius 2 is 2.06 bits per heavy atom. The second-order valence-electron chi connectivity index (χ2n) is 3.29. The lowest BCUT2D eigenvalue weighted by Crippen LogP contribution is -2.08. The van der Waals surface area contributed by atoms with Crippen LogP contribution in [0.3, 0.4) is 0 Å². The highest BCUT2D eigenvalue weighted by Gasteiger charge is 2.09. The Hall–Kier alpha value is -1.41. The maximum atomic E-state index is 12.7. The molecule has 0 fully saturated rings. The Morgan fingerprint density at radius 3 is 2.56 bits per heavy atom. The van der Waals surface area contributed by atoms with Gasteiger partial charge in [-0.2, -0.15) is 5.26 Å². The van der Waals surface area contributed by atoms with Crippen molar-refractivity contribution in [1.82, 2.24) is 0 Å². The van der Waals surface area contributed by atoms with Crippen LogP contribution in [0, 0.1) is 17.1 Å². The summed E-state index contributed by atoms with van der Waals surface area (Å²) in [5.41, 5.74) is 0.735. The van der Waals surface area contributed by atoms with Gasteiger partial charge in [-0.25, -0.2) is 13.0 Å². The number of hydrogen-bond donors (Lipinski definition) is 0. The van der Waals surface area contributed by atoms with Gasteiger partial charge in [-0.15, -0.1) is 0 Å². The average Bonchev–Trinajstić information content (AvgIpc) is 2.22. The summed E-state index contributed by atoms with van der Waals surface area (Å²) >= 11 is 0. The minimum atomic E-state index is -2.51. The summed E-state index contributed by atoms with van der Waals surface area (Å²) in [4.78, 5) is 0. The van der Waals surface area contributed by atoms with Gasteiger partial charge < -0.3 is 0 Å². The molecule has 0 radical (unpaired) electrons. The normalized spacial score (nSPS) is 13.8. The maximum Gasteiger partial charge on any atom is 0.123 e. The molecule has 0 amide bonds. The van der Waals surface area contributed by atoms with E-state index in [4.69, 9.17) is 5.26 Å². The molecule has 1 unspecified atom stereocenters. The number of halogens is 1. The lowest BCUT2D eigenvalue weighted by molar-refractivity contribution is 0.627. The van der Waals surface area contributed by atoms with Gasteiger partial charge in [0.2, 0.25) is 0 Å². The first-order chi connectivity index (χ1) is 7.59. The fourth-order valence-electron chi connectivity index (χ4n) is 1.32. The molecule has 0 saturated heterocycles. The van der Waals surface area contributed by atoms with Crippen molar-refractivity contribution >= 4 is 9.73 Å². The molecule has 5 heteroatoms. The summed E-state index contributed by atoms with van der Waals surface area (Å²) in [6.07, 6.45) is 0. The van der Waals surface area contributed by atoms with Crippen LogP contribution in [0.5, 0.6) is 0 Å². The van der Waals surface area contributed by atoms with Crippen molar-refractivity contribution in [2.24, 2.45) is 4.36 Å². The third-order valence-electron chi connectivity index (χ3n) is 1.96. The second kappa shape index (κ2) is 5.61. The minimum Gasteiger partial charge on any atom is -0.248 e. The van der Waals surface area contributed by atoms with Crippen molar-refractivity contribution in [3.05, 3.63) is 35.6 Å². The Morgan fingerprint density at radius 1 is 1.44 bits per heavy atom. The quantitative estimate of drug-likeness (QED) is 0.811. The highest BCUT2D eigenvalue weighted by Crippen LogP contribution is 2.10. The van der Waals surface area contributed by atoms with Crippen LogP contribution in [-0.2, 0) is 15.5 Å². The molecule has 3 nitrogen and oxygen atoms in total. The fraction of sp³-hybridized carbons (Fsp3) is 0.364. The monoisotopic (exact) mass is 240 g/mol. The Labute approximate surface area is 95.1 Å². The smallest absolute Gasteiger partial charge is 0.123 e.